The van der Waals surface area contributed by atoms with E-state index in [1.807, 2.05) is 12.1 Å². The van der Waals surface area contributed by atoms with Gasteiger partial charge in [0.1, 0.15) is 5.75 Å². The molecule has 1 aromatic carbocycles. The molecule has 0 aliphatic carbocycles. The zero-order valence-electron chi connectivity index (χ0n) is 8.94. The van der Waals surface area contributed by atoms with E-state index in [-0.39, 0.29) is 12.2 Å². The Bertz CT molecular complexity index is 353. The van der Waals surface area contributed by atoms with Crippen molar-refractivity contribution in [3.05, 3.63) is 42.0 Å². The lowest BCUT2D eigenvalue weighted by Crippen LogP contribution is -2.20. The van der Waals surface area contributed by atoms with Gasteiger partial charge < -0.3 is 9.84 Å². The van der Waals surface area contributed by atoms with Gasteiger partial charge in [0.25, 0.3) is 0 Å². The first-order chi connectivity index (χ1) is 7.15. The van der Waals surface area contributed by atoms with Gasteiger partial charge in [-0.25, -0.2) is 0 Å². The van der Waals surface area contributed by atoms with E-state index in [0.29, 0.717) is 5.75 Å². The van der Waals surface area contributed by atoms with Crippen LogP contribution in [0.1, 0.15) is 31.4 Å². The molecule has 0 saturated carbocycles. The van der Waals surface area contributed by atoms with Gasteiger partial charge in [-0.3, -0.25) is 0 Å². The Hall–Kier alpha value is -1.28. The van der Waals surface area contributed by atoms with Crippen molar-refractivity contribution in [2.75, 3.05) is 0 Å². The number of phenolic OH excluding ortho intramolecular Hbond substituents is 1. The van der Waals surface area contributed by atoms with E-state index in [2.05, 4.69) is 13.5 Å². The van der Waals surface area contributed by atoms with Crippen molar-refractivity contribution in [2.45, 2.75) is 32.0 Å². The van der Waals surface area contributed by atoms with Crippen LogP contribution in [0.4, 0.5) is 0 Å². The summed E-state index contributed by atoms with van der Waals surface area (Å²) in [6, 6.07) is 7.21. The summed E-state index contributed by atoms with van der Waals surface area (Å²) in [4.78, 5) is 0. The van der Waals surface area contributed by atoms with Crippen LogP contribution in [-0.4, -0.2) is 11.2 Å². The Morgan fingerprint density at radius 2 is 1.93 bits per heavy atom. The van der Waals surface area contributed by atoms with Crippen LogP contribution in [0.5, 0.6) is 5.75 Å². The number of benzene rings is 1. The zero-order chi connectivity index (χ0) is 10.8. The second-order valence-electron chi connectivity index (χ2n) is 4.19. The third-order valence-electron chi connectivity index (χ3n) is 2.71. The molecule has 0 radical (unpaired) electrons. The van der Waals surface area contributed by atoms with E-state index in [4.69, 9.17) is 4.74 Å². The van der Waals surface area contributed by atoms with Crippen LogP contribution >= 0.6 is 0 Å². The van der Waals surface area contributed by atoms with Crippen LogP contribution < -0.4 is 0 Å². The lowest BCUT2D eigenvalue weighted by atomic mass is 9.95. The number of phenols is 1. The second-order valence-corrected chi connectivity index (χ2v) is 4.19. The molecule has 2 rings (SSSR count). The summed E-state index contributed by atoms with van der Waals surface area (Å²) in [5, 5.41) is 9.20. The van der Waals surface area contributed by atoms with Crippen LogP contribution in [0.2, 0.25) is 0 Å². The molecule has 1 fully saturated rings. The molecule has 80 valence electrons. The molecule has 1 saturated heterocycles. The van der Waals surface area contributed by atoms with Crippen molar-refractivity contribution >= 4 is 0 Å². The van der Waals surface area contributed by atoms with Gasteiger partial charge in [0.05, 0.1) is 12.2 Å². The normalized spacial score (nSPS) is 26.6. The van der Waals surface area contributed by atoms with E-state index < -0.39 is 0 Å². The average molecular weight is 204 g/mol. The second kappa shape index (κ2) is 4.07. The molecule has 0 unspecified atom stereocenters. The summed E-state index contributed by atoms with van der Waals surface area (Å²) in [6.07, 6.45) is 2.18. The number of ether oxygens (including phenoxy) is 1. The third-order valence-corrected chi connectivity index (χ3v) is 2.71. The summed E-state index contributed by atoms with van der Waals surface area (Å²) in [5.74, 6) is 0.293. The zero-order valence-corrected chi connectivity index (χ0v) is 8.94. The van der Waals surface area contributed by atoms with Gasteiger partial charge in [0.2, 0.25) is 0 Å². The van der Waals surface area contributed by atoms with Gasteiger partial charge in [0.15, 0.2) is 0 Å². The Morgan fingerprint density at radius 3 is 2.53 bits per heavy atom. The summed E-state index contributed by atoms with van der Waals surface area (Å²) < 4.78 is 5.84. The first kappa shape index (κ1) is 10.2. The topological polar surface area (TPSA) is 29.5 Å². The average Bonchev–Trinajstić information content (AvgIpc) is 2.17. The van der Waals surface area contributed by atoms with Gasteiger partial charge in [-0.2, -0.15) is 0 Å². The molecule has 2 heteroatoms. The molecule has 1 aliphatic heterocycles. The lowest BCUT2D eigenvalue weighted by Gasteiger charge is -2.29. The summed E-state index contributed by atoms with van der Waals surface area (Å²) >= 11 is 0. The molecule has 2 nitrogen and oxygen atoms in total. The SMILES string of the molecule is C=C1C[C@@H](C)O[C@@H](c2ccc(O)cc2)C1. The molecular formula is C13H16O2. The minimum atomic E-state index is 0.0989. The van der Waals surface area contributed by atoms with Gasteiger partial charge in [-0.1, -0.05) is 24.3 Å². The highest BCUT2D eigenvalue weighted by molar-refractivity contribution is 5.28. The maximum atomic E-state index is 9.20. The highest BCUT2D eigenvalue weighted by atomic mass is 16.5. The highest BCUT2D eigenvalue weighted by Crippen LogP contribution is 2.33. The van der Waals surface area contributed by atoms with Gasteiger partial charge in [-0.15, -0.1) is 0 Å². The van der Waals surface area contributed by atoms with Gasteiger partial charge in [0, 0.05) is 0 Å². The van der Waals surface area contributed by atoms with Crippen molar-refractivity contribution in [1.82, 2.24) is 0 Å². The standard InChI is InChI=1S/C13H16O2/c1-9-7-10(2)15-13(8-9)11-3-5-12(14)6-4-11/h3-6,10,13-14H,1,7-8H2,2H3/t10-,13-/m1/s1. The largest absolute Gasteiger partial charge is 0.508 e. The molecule has 0 spiro atoms. The maximum absolute atomic E-state index is 9.20. The Kier molecular flexibility index (Phi) is 2.78. The number of hydrogen-bond donors (Lipinski definition) is 1. The third kappa shape index (κ3) is 2.39. The molecule has 1 heterocycles. The van der Waals surface area contributed by atoms with Gasteiger partial charge in [-0.05, 0) is 37.5 Å². The van der Waals surface area contributed by atoms with E-state index in [9.17, 15) is 5.11 Å². The molecule has 0 amide bonds. The number of aromatic hydroxyl groups is 1. The van der Waals surface area contributed by atoms with E-state index >= 15 is 0 Å². The fraction of sp³-hybridized carbons (Fsp3) is 0.385. The highest BCUT2D eigenvalue weighted by Gasteiger charge is 2.22. The molecule has 2 atom stereocenters. The smallest absolute Gasteiger partial charge is 0.115 e. The van der Waals surface area contributed by atoms with Crippen LogP contribution in [0, 0.1) is 0 Å². The Balaban J connectivity index is 2.16. The van der Waals surface area contributed by atoms with Crippen LogP contribution in [0.3, 0.4) is 0 Å². The molecule has 1 aromatic rings. The van der Waals surface area contributed by atoms with Crippen molar-refractivity contribution < 1.29 is 9.84 Å². The quantitative estimate of drug-likeness (QED) is 0.712. The Morgan fingerprint density at radius 1 is 1.27 bits per heavy atom. The van der Waals surface area contributed by atoms with Crippen LogP contribution in [0.25, 0.3) is 0 Å². The summed E-state index contributed by atoms with van der Waals surface area (Å²) in [7, 11) is 0. The van der Waals surface area contributed by atoms with Crippen LogP contribution in [0.15, 0.2) is 36.4 Å². The number of rotatable bonds is 1. The van der Waals surface area contributed by atoms with Crippen molar-refractivity contribution in [2.24, 2.45) is 0 Å². The molecule has 1 N–H and O–H groups in total. The number of hydrogen-bond acceptors (Lipinski definition) is 2. The molecule has 0 bridgehead atoms. The van der Waals surface area contributed by atoms with Crippen molar-refractivity contribution in [1.29, 1.82) is 0 Å². The van der Waals surface area contributed by atoms with E-state index in [1.165, 1.54) is 5.57 Å². The minimum Gasteiger partial charge on any atom is -0.508 e. The molecule has 1 aliphatic rings. The predicted molar refractivity (Wildman–Crippen MR) is 59.8 cm³/mol. The monoisotopic (exact) mass is 204 g/mol. The predicted octanol–water partition coefficient (Wildman–Crippen LogP) is 3.19. The molecular weight excluding hydrogens is 188 g/mol. The summed E-state index contributed by atoms with van der Waals surface area (Å²) in [5.41, 5.74) is 2.35. The molecule has 15 heavy (non-hydrogen) atoms. The van der Waals surface area contributed by atoms with Crippen molar-refractivity contribution in [3.8, 4) is 5.75 Å². The molecule has 0 aromatic heterocycles. The maximum Gasteiger partial charge on any atom is 0.115 e. The lowest BCUT2D eigenvalue weighted by molar-refractivity contribution is -0.0224. The minimum absolute atomic E-state index is 0.0989. The van der Waals surface area contributed by atoms with E-state index in [0.717, 1.165) is 18.4 Å². The van der Waals surface area contributed by atoms with Gasteiger partial charge >= 0.3 is 0 Å². The van der Waals surface area contributed by atoms with Crippen LogP contribution in [-0.2, 0) is 4.74 Å². The fourth-order valence-electron chi connectivity index (χ4n) is 2.01. The van der Waals surface area contributed by atoms with E-state index in [1.54, 1.807) is 12.1 Å². The first-order valence-electron chi connectivity index (χ1n) is 5.26. The fourth-order valence-corrected chi connectivity index (χ4v) is 2.01. The van der Waals surface area contributed by atoms with Crippen molar-refractivity contribution in [3.63, 3.8) is 0 Å². The Labute approximate surface area is 90.2 Å². The summed E-state index contributed by atoms with van der Waals surface area (Å²) in [6.45, 7) is 6.10. The first-order valence-corrected chi connectivity index (χ1v) is 5.26.